The van der Waals surface area contributed by atoms with Crippen molar-refractivity contribution in [3.8, 4) is 0 Å². The maximum Gasteiger partial charge on any atom is 0.188 e. The fourth-order valence-corrected chi connectivity index (χ4v) is 0.991. The number of nitrogens with one attached hydrogen (secondary N) is 1. The number of nitrogens with zero attached hydrogens (tertiary/aromatic N) is 1. The van der Waals surface area contributed by atoms with E-state index in [2.05, 4.69) is 16.9 Å². The van der Waals surface area contributed by atoms with Crippen LogP contribution in [0.2, 0.25) is 0 Å². The van der Waals surface area contributed by atoms with Crippen molar-refractivity contribution in [2.24, 2.45) is 10.7 Å². The van der Waals surface area contributed by atoms with Crippen molar-refractivity contribution in [2.75, 3.05) is 6.54 Å². The molecule has 3 nitrogen and oxygen atoms in total. The third-order valence-corrected chi connectivity index (χ3v) is 1.55. The molecule has 0 bridgehead atoms. The first-order chi connectivity index (χ1) is 4.83. The molecule has 1 heterocycles. The molecular formula is C7H13N3. The van der Waals surface area contributed by atoms with Gasteiger partial charge in [0.05, 0.1) is 6.54 Å². The molecule has 1 aliphatic heterocycles. The molecule has 0 aromatic heterocycles. The second-order valence-corrected chi connectivity index (χ2v) is 2.43. The van der Waals surface area contributed by atoms with Crippen LogP contribution in [0.15, 0.2) is 17.6 Å². The van der Waals surface area contributed by atoms with Gasteiger partial charge in [-0.3, -0.25) is 4.99 Å². The average Bonchev–Trinajstić information content (AvgIpc) is 2.31. The summed E-state index contributed by atoms with van der Waals surface area (Å²) >= 11 is 0. The van der Waals surface area contributed by atoms with Crippen molar-refractivity contribution < 1.29 is 0 Å². The Morgan fingerprint density at radius 3 is 3.20 bits per heavy atom. The Morgan fingerprint density at radius 1 is 1.90 bits per heavy atom. The van der Waals surface area contributed by atoms with Crippen LogP contribution in [0, 0.1) is 0 Å². The summed E-state index contributed by atoms with van der Waals surface area (Å²) in [5, 5.41) is 3.07. The third kappa shape index (κ3) is 1.76. The van der Waals surface area contributed by atoms with Crippen LogP contribution in [0.3, 0.4) is 0 Å². The molecule has 0 saturated heterocycles. The highest BCUT2D eigenvalue weighted by molar-refractivity contribution is 5.79. The van der Waals surface area contributed by atoms with Gasteiger partial charge >= 0.3 is 0 Å². The van der Waals surface area contributed by atoms with Crippen LogP contribution in [0.4, 0.5) is 0 Å². The van der Waals surface area contributed by atoms with Gasteiger partial charge in [-0.05, 0) is 12.8 Å². The molecule has 1 atom stereocenters. The van der Waals surface area contributed by atoms with Gasteiger partial charge in [-0.1, -0.05) is 6.08 Å². The van der Waals surface area contributed by atoms with Gasteiger partial charge in [-0.25, -0.2) is 0 Å². The maximum absolute atomic E-state index is 5.41. The number of guanidine groups is 1. The normalized spacial score (nSPS) is 23.6. The van der Waals surface area contributed by atoms with Gasteiger partial charge in [-0.15, -0.1) is 6.58 Å². The van der Waals surface area contributed by atoms with Crippen molar-refractivity contribution in [1.29, 1.82) is 0 Å². The number of hydrogen-bond acceptors (Lipinski definition) is 3. The van der Waals surface area contributed by atoms with Crippen LogP contribution >= 0.6 is 0 Å². The van der Waals surface area contributed by atoms with E-state index >= 15 is 0 Å². The molecule has 0 spiro atoms. The molecule has 0 aromatic carbocycles. The topological polar surface area (TPSA) is 50.4 Å². The molecule has 3 heteroatoms. The number of nitrogens with two attached hydrogens (primary N) is 1. The van der Waals surface area contributed by atoms with Crippen molar-refractivity contribution in [3.63, 3.8) is 0 Å². The summed E-state index contributed by atoms with van der Waals surface area (Å²) in [4.78, 5) is 4.02. The monoisotopic (exact) mass is 139 g/mol. The molecule has 0 aromatic rings. The number of aliphatic imine (C=N–C) groups is 1. The highest BCUT2D eigenvalue weighted by Gasteiger charge is 2.12. The summed E-state index contributed by atoms with van der Waals surface area (Å²) in [5.41, 5.74) is 5.41. The van der Waals surface area contributed by atoms with Gasteiger partial charge in [0.25, 0.3) is 0 Å². The molecule has 1 unspecified atom stereocenters. The van der Waals surface area contributed by atoms with E-state index in [1.54, 1.807) is 0 Å². The zero-order valence-electron chi connectivity index (χ0n) is 6.01. The zero-order valence-corrected chi connectivity index (χ0v) is 6.01. The number of allylic oxidation sites excluding steroid dienone is 1. The van der Waals surface area contributed by atoms with Gasteiger partial charge in [0.2, 0.25) is 0 Å². The fourth-order valence-electron chi connectivity index (χ4n) is 0.991. The van der Waals surface area contributed by atoms with Crippen molar-refractivity contribution in [1.82, 2.24) is 5.32 Å². The van der Waals surface area contributed by atoms with Gasteiger partial charge < -0.3 is 11.1 Å². The van der Waals surface area contributed by atoms with E-state index in [0.29, 0.717) is 12.0 Å². The van der Waals surface area contributed by atoms with Crippen LogP contribution in [0.1, 0.15) is 12.8 Å². The minimum absolute atomic E-state index is 0.443. The van der Waals surface area contributed by atoms with E-state index in [9.17, 15) is 0 Å². The predicted octanol–water partition coefficient (Wildman–Crippen LogP) is 0.239. The molecule has 0 fully saturated rings. The van der Waals surface area contributed by atoms with Gasteiger partial charge in [0.1, 0.15) is 0 Å². The molecular weight excluding hydrogens is 126 g/mol. The lowest BCUT2D eigenvalue weighted by molar-refractivity contribution is 0.607. The van der Waals surface area contributed by atoms with Gasteiger partial charge in [0, 0.05) is 6.04 Å². The quantitative estimate of drug-likeness (QED) is 0.550. The van der Waals surface area contributed by atoms with Crippen LogP contribution in [0.25, 0.3) is 0 Å². The third-order valence-electron chi connectivity index (χ3n) is 1.55. The smallest absolute Gasteiger partial charge is 0.188 e. The highest BCUT2D eigenvalue weighted by Crippen LogP contribution is 2.01. The summed E-state index contributed by atoms with van der Waals surface area (Å²) < 4.78 is 0. The second kappa shape index (κ2) is 3.25. The zero-order chi connectivity index (χ0) is 7.40. The van der Waals surface area contributed by atoms with Crippen LogP contribution < -0.4 is 11.1 Å². The Morgan fingerprint density at radius 2 is 2.70 bits per heavy atom. The standard InChI is InChI=1S/C7H13N3/c1-2-3-4-6-5-9-7(8)10-6/h2,6H,1,3-5H2,(H3,8,9,10). The summed E-state index contributed by atoms with van der Waals surface area (Å²) in [7, 11) is 0. The first-order valence-electron chi connectivity index (χ1n) is 3.50. The van der Waals surface area contributed by atoms with E-state index in [-0.39, 0.29) is 0 Å². The SMILES string of the molecule is C=CCCC1CN=C(N)N1. The van der Waals surface area contributed by atoms with Crippen molar-refractivity contribution >= 4 is 5.96 Å². The second-order valence-electron chi connectivity index (χ2n) is 2.43. The first-order valence-corrected chi connectivity index (χ1v) is 3.50. The highest BCUT2D eigenvalue weighted by atomic mass is 15.2. The Balaban J connectivity index is 2.16. The van der Waals surface area contributed by atoms with Crippen LogP contribution in [-0.2, 0) is 0 Å². The van der Waals surface area contributed by atoms with E-state index in [4.69, 9.17) is 5.73 Å². The van der Waals surface area contributed by atoms with Crippen LogP contribution in [0.5, 0.6) is 0 Å². The minimum Gasteiger partial charge on any atom is -0.370 e. The summed E-state index contributed by atoms with van der Waals surface area (Å²) in [5.74, 6) is 0.578. The molecule has 1 aliphatic rings. The summed E-state index contributed by atoms with van der Waals surface area (Å²) in [6, 6.07) is 0.443. The molecule has 0 radical (unpaired) electrons. The number of rotatable bonds is 3. The molecule has 56 valence electrons. The van der Waals surface area contributed by atoms with Gasteiger partial charge in [0.15, 0.2) is 5.96 Å². The van der Waals surface area contributed by atoms with E-state index in [0.717, 1.165) is 19.4 Å². The van der Waals surface area contributed by atoms with E-state index in [1.807, 2.05) is 6.08 Å². The largest absolute Gasteiger partial charge is 0.370 e. The van der Waals surface area contributed by atoms with Crippen LogP contribution in [-0.4, -0.2) is 18.5 Å². The first kappa shape index (κ1) is 7.12. The average molecular weight is 139 g/mol. The summed E-state index contributed by atoms with van der Waals surface area (Å²) in [6.45, 7) is 4.46. The molecule has 0 amide bonds. The lowest BCUT2D eigenvalue weighted by atomic mass is 10.2. The van der Waals surface area contributed by atoms with E-state index in [1.165, 1.54) is 0 Å². The van der Waals surface area contributed by atoms with E-state index < -0.39 is 0 Å². The maximum atomic E-state index is 5.41. The molecule has 1 rings (SSSR count). The Hall–Kier alpha value is -0.990. The van der Waals surface area contributed by atoms with Crippen molar-refractivity contribution in [3.05, 3.63) is 12.7 Å². The minimum atomic E-state index is 0.443. The number of hydrogen-bond donors (Lipinski definition) is 2. The summed E-state index contributed by atoms with van der Waals surface area (Å²) in [6.07, 6.45) is 4.02. The molecule has 3 N–H and O–H groups in total. The lowest BCUT2D eigenvalue weighted by Gasteiger charge is -2.07. The van der Waals surface area contributed by atoms with Crippen molar-refractivity contribution in [2.45, 2.75) is 18.9 Å². The fraction of sp³-hybridized carbons (Fsp3) is 0.571. The molecule has 0 aliphatic carbocycles. The Labute approximate surface area is 61.0 Å². The lowest BCUT2D eigenvalue weighted by Crippen LogP contribution is -2.34. The van der Waals surface area contributed by atoms with Gasteiger partial charge in [-0.2, -0.15) is 0 Å². The molecule has 10 heavy (non-hydrogen) atoms. The molecule has 0 saturated carbocycles. The predicted molar refractivity (Wildman–Crippen MR) is 42.8 cm³/mol. The Bertz CT molecular complexity index is 151. The Kier molecular flexibility index (Phi) is 2.31.